The van der Waals surface area contributed by atoms with E-state index in [1.807, 2.05) is 24.3 Å². The van der Waals surface area contributed by atoms with Crippen molar-refractivity contribution in [3.63, 3.8) is 0 Å². The molecule has 6 heteroatoms. The van der Waals surface area contributed by atoms with Gasteiger partial charge in [-0.1, -0.05) is 33.2 Å². The average Bonchev–Trinajstić information content (AvgIpc) is 2.97. The van der Waals surface area contributed by atoms with E-state index in [0.29, 0.717) is 24.9 Å². The minimum atomic E-state index is -0.0687. The molecule has 94 valence electrons. The summed E-state index contributed by atoms with van der Waals surface area (Å²) in [5, 5.41) is 3.99. The van der Waals surface area contributed by atoms with Crippen LogP contribution in [0.1, 0.15) is 11.8 Å². The van der Waals surface area contributed by atoms with Crippen molar-refractivity contribution in [3.8, 4) is 11.4 Å². The number of nitrogens with two attached hydrogens (primary N) is 1. The summed E-state index contributed by atoms with van der Waals surface area (Å²) in [6.45, 7) is 1.08. The Labute approximate surface area is 112 Å². The zero-order chi connectivity index (χ0) is 12.5. The summed E-state index contributed by atoms with van der Waals surface area (Å²) in [6, 6.07) is 7.69. The highest BCUT2D eigenvalue weighted by Crippen LogP contribution is 2.26. The van der Waals surface area contributed by atoms with Gasteiger partial charge in [0.2, 0.25) is 11.7 Å². The highest BCUT2D eigenvalue weighted by atomic mass is 79.9. The van der Waals surface area contributed by atoms with Crippen molar-refractivity contribution in [3.05, 3.63) is 34.6 Å². The summed E-state index contributed by atoms with van der Waals surface area (Å²) in [6.07, 6.45) is 0. The highest BCUT2D eigenvalue weighted by Gasteiger charge is 2.31. The van der Waals surface area contributed by atoms with Crippen LogP contribution in [0.4, 0.5) is 0 Å². The maximum absolute atomic E-state index is 5.92. The number of ether oxygens (including phenoxy) is 1. The fourth-order valence-electron chi connectivity index (χ4n) is 1.96. The summed E-state index contributed by atoms with van der Waals surface area (Å²) in [4.78, 5) is 4.40. The third-order valence-corrected chi connectivity index (χ3v) is 3.46. The van der Waals surface area contributed by atoms with Crippen molar-refractivity contribution in [2.75, 3.05) is 13.2 Å². The molecule has 18 heavy (non-hydrogen) atoms. The van der Waals surface area contributed by atoms with Crippen molar-refractivity contribution < 1.29 is 9.26 Å². The van der Waals surface area contributed by atoms with E-state index < -0.39 is 0 Å². The Morgan fingerprint density at radius 2 is 2.22 bits per heavy atom. The lowest BCUT2D eigenvalue weighted by Crippen LogP contribution is -2.26. The Morgan fingerprint density at radius 3 is 2.94 bits per heavy atom. The van der Waals surface area contributed by atoms with E-state index in [4.69, 9.17) is 15.0 Å². The van der Waals surface area contributed by atoms with Crippen molar-refractivity contribution in [2.45, 2.75) is 12.0 Å². The summed E-state index contributed by atoms with van der Waals surface area (Å²) in [7, 11) is 0. The predicted octanol–water partition coefficient (Wildman–Crippen LogP) is 1.94. The molecule has 2 aromatic rings. The Balaban J connectivity index is 1.89. The van der Waals surface area contributed by atoms with Gasteiger partial charge in [0.1, 0.15) is 0 Å². The third kappa shape index (κ3) is 2.19. The van der Waals surface area contributed by atoms with Crippen LogP contribution in [0.5, 0.6) is 0 Å². The van der Waals surface area contributed by atoms with Crippen LogP contribution >= 0.6 is 15.9 Å². The van der Waals surface area contributed by atoms with Gasteiger partial charge in [-0.05, 0) is 12.1 Å². The van der Waals surface area contributed by atoms with E-state index in [1.54, 1.807) is 0 Å². The van der Waals surface area contributed by atoms with Crippen LogP contribution < -0.4 is 5.73 Å². The van der Waals surface area contributed by atoms with E-state index >= 15 is 0 Å². The SMILES string of the molecule is NC1COCC1c1nc(-c2cccc(Br)c2)no1. The first-order valence-electron chi connectivity index (χ1n) is 5.67. The van der Waals surface area contributed by atoms with E-state index in [-0.39, 0.29) is 12.0 Å². The molecule has 0 bridgehead atoms. The molecule has 2 atom stereocenters. The number of hydrogen-bond acceptors (Lipinski definition) is 5. The second kappa shape index (κ2) is 4.79. The Bertz CT molecular complexity index is 558. The zero-order valence-electron chi connectivity index (χ0n) is 9.54. The molecule has 0 amide bonds. The van der Waals surface area contributed by atoms with Gasteiger partial charge in [-0.25, -0.2) is 0 Å². The molecule has 1 fully saturated rings. The van der Waals surface area contributed by atoms with Crippen molar-refractivity contribution in [2.24, 2.45) is 5.73 Å². The molecule has 5 nitrogen and oxygen atoms in total. The number of aromatic nitrogens is 2. The summed E-state index contributed by atoms with van der Waals surface area (Å²) in [5.74, 6) is 1.12. The molecule has 2 heterocycles. The zero-order valence-corrected chi connectivity index (χ0v) is 11.1. The molecular formula is C12H12BrN3O2. The summed E-state index contributed by atoms with van der Waals surface area (Å²) < 4.78 is 11.6. The topological polar surface area (TPSA) is 74.2 Å². The summed E-state index contributed by atoms with van der Waals surface area (Å²) >= 11 is 3.42. The van der Waals surface area contributed by atoms with Crippen LogP contribution in [-0.4, -0.2) is 29.4 Å². The second-order valence-electron chi connectivity index (χ2n) is 4.27. The van der Waals surface area contributed by atoms with Crippen LogP contribution in [0, 0.1) is 0 Å². The Kier molecular flexibility index (Phi) is 3.15. The third-order valence-electron chi connectivity index (χ3n) is 2.97. The normalized spacial score (nSPS) is 23.4. The molecule has 2 unspecified atom stereocenters. The standard InChI is InChI=1S/C12H12BrN3O2/c13-8-3-1-2-7(4-8)11-15-12(18-16-11)9-5-17-6-10(9)14/h1-4,9-10H,5-6,14H2. The lowest BCUT2D eigenvalue weighted by atomic mass is 10.1. The Morgan fingerprint density at radius 1 is 1.33 bits per heavy atom. The van der Waals surface area contributed by atoms with Crippen LogP contribution in [-0.2, 0) is 4.74 Å². The Hall–Kier alpha value is -1.24. The van der Waals surface area contributed by atoms with Gasteiger partial charge in [0.05, 0.1) is 19.1 Å². The van der Waals surface area contributed by atoms with Gasteiger partial charge in [0, 0.05) is 16.1 Å². The van der Waals surface area contributed by atoms with Crippen LogP contribution in [0.3, 0.4) is 0 Å². The highest BCUT2D eigenvalue weighted by molar-refractivity contribution is 9.10. The first kappa shape index (κ1) is 11.8. The molecule has 1 saturated heterocycles. The van der Waals surface area contributed by atoms with Gasteiger partial charge in [-0.3, -0.25) is 0 Å². The minimum absolute atomic E-state index is 0.00148. The second-order valence-corrected chi connectivity index (χ2v) is 5.19. The molecule has 0 radical (unpaired) electrons. The fourth-order valence-corrected chi connectivity index (χ4v) is 2.36. The lowest BCUT2D eigenvalue weighted by molar-refractivity contribution is 0.187. The van der Waals surface area contributed by atoms with E-state index in [1.165, 1.54) is 0 Å². The van der Waals surface area contributed by atoms with E-state index in [0.717, 1.165) is 10.0 Å². The van der Waals surface area contributed by atoms with E-state index in [2.05, 4.69) is 26.1 Å². The number of benzene rings is 1. The summed E-state index contributed by atoms with van der Waals surface area (Å²) in [5.41, 5.74) is 6.83. The van der Waals surface area contributed by atoms with Crippen LogP contribution in [0.15, 0.2) is 33.3 Å². The van der Waals surface area contributed by atoms with Gasteiger partial charge in [0.25, 0.3) is 0 Å². The molecular weight excluding hydrogens is 298 g/mol. The van der Waals surface area contributed by atoms with Gasteiger partial charge < -0.3 is 15.0 Å². The molecule has 3 rings (SSSR count). The van der Waals surface area contributed by atoms with Crippen LogP contribution in [0.25, 0.3) is 11.4 Å². The maximum Gasteiger partial charge on any atom is 0.234 e. The van der Waals surface area contributed by atoms with Gasteiger partial charge in [-0.15, -0.1) is 0 Å². The largest absolute Gasteiger partial charge is 0.379 e. The molecule has 0 spiro atoms. The smallest absolute Gasteiger partial charge is 0.234 e. The number of hydrogen-bond donors (Lipinski definition) is 1. The fraction of sp³-hybridized carbons (Fsp3) is 0.333. The predicted molar refractivity (Wildman–Crippen MR) is 69.0 cm³/mol. The first-order valence-corrected chi connectivity index (χ1v) is 6.46. The maximum atomic E-state index is 5.92. The first-order chi connectivity index (χ1) is 8.74. The lowest BCUT2D eigenvalue weighted by Gasteiger charge is -2.06. The van der Waals surface area contributed by atoms with Crippen molar-refractivity contribution in [1.82, 2.24) is 10.1 Å². The van der Waals surface area contributed by atoms with Gasteiger partial charge in [0.15, 0.2) is 0 Å². The molecule has 1 aliphatic rings. The van der Waals surface area contributed by atoms with Gasteiger partial charge >= 0.3 is 0 Å². The number of nitrogens with zero attached hydrogens (tertiary/aromatic N) is 2. The molecule has 0 saturated carbocycles. The average molecular weight is 310 g/mol. The molecule has 1 aromatic heterocycles. The van der Waals surface area contributed by atoms with Gasteiger partial charge in [-0.2, -0.15) is 4.98 Å². The number of rotatable bonds is 2. The van der Waals surface area contributed by atoms with Crippen molar-refractivity contribution >= 4 is 15.9 Å². The van der Waals surface area contributed by atoms with E-state index in [9.17, 15) is 0 Å². The number of halogens is 1. The molecule has 1 aliphatic heterocycles. The minimum Gasteiger partial charge on any atom is -0.379 e. The molecule has 1 aromatic carbocycles. The van der Waals surface area contributed by atoms with Crippen molar-refractivity contribution in [1.29, 1.82) is 0 Å². The van der Waals surface area contributed by atoms with Crippen LogP contribution in [0.2, 0.25) is 0 Å². The monoisotopic (exact) mass is 309 g/mol. The quantitative estimate of drug-likeness (QED) is 0.917. The molecule has 2 N–H and O–H groups in total. The molecule has 0 aliphatic carbocycles.